The Morgan fingerprint density at radius 2 is 2.21 bits per heavy atom. The normalized spacial score (nSPS) is 11.2. The molecule has 7 heteroatoms. The molecular weight excluding hydrogens is 266 g/mol. The summed E-state index contributed by atoms with van der Waals surface area (Å²) in [5, 5.41) is 12.1. The first kappa shape index (κ1) is 13.8. The number of anilines is 1. The maximum atomic E-state index is 6.16. The van der Waals surface area contributed by atoms with Crippen molar-refractivity contribution >= 4 is 17.3 Å². The summed E-state index contributed by atoms with van der Waals surface area (Å²) < 4.78 is 7.15. The summed E-state index contributed by atoms with van der Waals surface area (Å²) in [6.45, 7) is 5.08. The summed E-state index contributed by atoms with van der Waals surface area (Å²) in [5.41, 5.74) is 7.03. The van der Waals surface area contributed by atoms with E-state index in [9.17, 15) is 0 Å². The Morgan fingerprint density at radius 3 is 2.89 bits per heavy atom. The predicted molar refractivity (Wildman–Crippen MR) is 73.8 cm³/mol. The molecule has 19 heavy (non-hydrogen) atoms. The maximum Gasteiger partial charge on any atom is 0.183 e. The Labute approximate surface area is 116 Å². The highest BCUT2D eigenvalue weighted by atomic mass is 35.5. The minimum absolute atomic E-state index is 0.181. The van der Waals surface area contributed by atoms with Crippen molar-refractivity contribution in [2.24, 2.45) is 0 Å². The fraction of sp³-hybridized carbons (Fsp3) is 0.417. The van der Waals surface area contributed by atoms with Crippen LogP contribution in [0.15, 0.2) is 18.2 Å². The second-order valence-electron chi connectivity index (χ2n) is 4.38. The summed E-state index contributed by atoms with van der Waals surface area (Å²) >= 11 is 6.16. The Balaban J connectivity index is 2.19. The fourth-order valence-electron chi connectivity index (χ4n) is 1.64. The van der Waals surface area contributed by atoms with Crippen molar-refractivity contribution in [2.75, 3.05) is 12.3 Å². The van der Waals surface area contributed by atoms with E-state index in [4.69, 9.17) is 22.1 Å². The molecule has 0 amide bonds. The van der Waals surface area contributed by atoms with E-state index in [0.29, 0.717) is 29.7 Å². The average Bonchev–Trinajstić information content (AvgIpc) is 2.77. The van der Waals surface area contributed by atoms with E-state index in [0.717, 1.165) is 5.56 Å². The number of hydrogen-bond donors (Lipinski definition) is 1. The van der Waals surface area contributed by atoms with E-state index >= 15 is 0 Å². The lowest BCUT2D eigenvalue weighted by molar-refractivity contribution is 0.0709. The molecule has 0 saturated carbocycles. The lowest BCUT2D eigenvalue weighted by Crippen LogP contribution is -2.12. The number of hydrogen-bond acceptors (Lipinski definition) is 5. The van der Waals surface area contributed by atoms with E-state index in [2.05, 4.69) is 15.5 Å². The average molecular weight is 282 g/mol. The van der Waals surface area contributed by atoms with Gasteiger partial charge in [-0.1, -0.05) is 11.6 Å². The molecule has 0 unspecified atom stereocenters. The molecule has 0 radical (unpaired) electrons. The van der Waals surface area contributed by atoms with Gasteiger partial charge in [0, 0.05) is 11.3 Å². The van der Waals surface area contributed by atoms with Gasteiger partial charge in [-0.05, 0) is 42.5 Å². The van der Waals surface area contributed by atoms with Gasteiger partial charge in [0.15, 0.2) is 5.82 Å². The van der Waals surface area contributed by atoms with Gasteiger partial charge in [0.1, 0.15) is 0 Å². The molecule has 1 heterocycles. The predicted octanol–water partition coefficient (Wildman–Crippen LogP) is 2.00. The molecule has 102 valence electrons. The number of nitrogens with two attached hydrogens (primary N) is 1. The Hall–Kier alpha value is -1.66. The van der Waals surface area contributed by atoms with Crippen molar-refractivity contribution in [3.05, 3.63) is 23.2 Å². The zero-order valence-corrected chi connectivity index (χ0v) is 11.6. The highest BCUT2D eigenvalue weighted by molar-refractivity contribution is 6.33. The quantitative estimate of drug-likeness (QED) is 0.848. The smallest absolute Gasteiger partial charge is 0.183 e. The van der Waals surface area contributed by atoms with Crippen molar-refractivity contribution in [3.63, 3.8) is 0 Å². The first-order chi connectivity index (χ1) is 9.08. The summed E-state index contributed by atoms with van der Waals surface area (Å²) in [6, 6.07) is 5.26. The van der Waals surface area contributed by atoms with Crippen molar-refractivity contribution in [3.8, 4) is 11.4 Å². The number of rotatable bonds is 5. The van der Waals surface area contributed by atoms with Crippen LogP contribution >= 0.6 is 11.6 Å². The monoisotopic (exact) mass is 281 g/mol. The van der Waals surface area contributed by atoms with E-state index in [1.165, 1.54) is 0 Å². The van der Waals surface area contributed by atoms with Gasteiger partial charge in [0.05, 0.1) is 24.3 Å². The molecule has 0 aliphatic heterocycles. The largest absolute Gasteiger partial charge is 0.399 e. The molecule has 1 aromatic carbocycles. The van der Waals surface area contributed by atoms with Gasteiger partial charge in [-0.15, -0.1) is 5.10 Å². The standard InChI is InChI=1S/C12H16ClN5O/c1-8(2)19-6-5-18-12(15-16-17-18)10-4-3-9(14)7-11(10)13/h3-4,7-8H,5-6,14H2,1-2H3. The molecule has 0 aliphatic carbocycles. The minimum Gasteiger partial charge on any atom is -0.399 e. The summed E-state index contributed by atoms with van der Waals surface area (Å²) in [6.07, 6.45) is 0.181. The van der Waals surface area contributed by atoms with Gasteiger partial charge in [-0.2, -0.15) is 0 Å². The highest BCUT2D eigenvalue weighted by Crippen LogP contribution is 2.27. The van der Waals surface area contributed by atoms with Crippen LogP contribution in [0.2, 0.25) is 5.02 Å². The number of benzene rings is 1. The summed E-state index contributed by atoms with van der Waals surface area (Å²) in [5.74, 6) is 0.609. The molecule has 6 nitrogen and oxygen atoms in total. The second-order valence-corrected chi connectivity index (χ2v) is 4.79. The molecule has 0 bridgehead atoms. The van der Waals surface area contributed by atoms with Crippen LogP contribution in [0, 0.1) is 0 Å². The summed E-state index contributed by atoms with van der Waals surface area (Å²) in [4.78, 5) is 0. The number of nitrogen functional groups attached to an aromatic ring is 1. The van der Waals surface area contributed by atoms with E-state index < -0.39 is 0 Å². The van der Waals surface area contributed by atoms with Gasteiger partial charge >= 0.3 is 0 Å². The van der Waals surface area contributed by atoms with Crippen LogP contribution in [0.25, 0.3) is 11.4 Å². The molecule has 0 aliphatic rings. The first-order valence-corrected chi connectivity index (χ1v) is 6.39. The maximum absolute atomic E-state index is 6.16. The molecule has 1 aromatic heterocycles. The third-order valence-corrected chi connectivity index (χ3v) is 2.83. The van der Waals surface area contributed by atoms with Crippen LogP contribution in [-0.4, -0.2) is 32.9 Å². The number of ether oxygens (including phenoxy) is 1. The lowest BCUT2D eigenvalue weighted by atomic mass is 10.2. The van der Waals surface area contributed by atoms with Gasteiger partial charge in [-0.25, -0.2) is 4.68 Å². The Kier molecular flexibility index (Phi) is 4.34. The number of halogens is 1. The molecule has 2 aromatic rings. The zero-order valence-electron chi connectivity index (χ0n) is 10.9. The third-order valence-electron chi connectivity index (χ3n) is 2.52. The minimum atomic E-state index is 0.181. The third kappa shape index (κ3) is 3.42. The molecular formula is C12H16ClN5O. The molecule has 2 rings (SSSR count). The van der Waals surface area contributed by atoms with E-state index in [1.54, 1.807) is 16.8 Å². The van der Waals surface area contributed by atoms with Gasteiger partial charge < -0.3 is 10.5 Å². The van der Waals surface area contributed by atoms with Crippen LogP contribution in [0.4, 0.5) is 5.69 Å². The highest BCUT2D eigenvalue weighted by Gasteiger charge is 2.12. The zero-order chi connectivity index (χ0) is 13.8. The number of nitrogens with zero attached hydrogens (tertiary/aromatic N) is 4. The van der Waals surface area contributed by atoms with E-state index in [-0.39, 0.29) is 6.10 Å². The SMILES string of the molecule is CC(C)OCCn1nnnc1-c1ccc(N)cc1Cl. The first-order valence-electron chi connectivity index (χ1n) is 6.01. The van der Waals surface area contributed by atoms with Crippen LogP contribution in [0.3, 0.4) is 0 Å². The topological polar surface area (TPSA) is 78.8 Å². The van der Waals surface area contributed by atoms with Gasteiger partial charge in [0.2, 0.25) is 0 Å². The van der Waals surface area contributed by atoms with Gasteiger partial charge in [0.25, 0.3) is 0 Å². The summed E-state index contributed by atoms with van der Waals surface area (Å²) in [7, 11) is 0. The van der Waals surface area contributed by atoms with Crippen LogP contribution in [-0.2, 0) is 11.3 Å². The van der Waals surface area contributed by atoms with Crippen LogP contribution in [0.1, 0.15) is 13.8 Å². The van der Waals surface area contributed by atoms with E-state index in [1.807, 2.05) is 19.9 Å². The fourth-order valence-corrected chi connectivity index (χ4v) is 1.91. The van der Waals surface area contributed by atoms with Crippen molar-refractivity contribution in [2.45, 2.75) is 26.5 Å². The van der Waals surface area contributed by atoms with Crippen molar-refractivity contribution < 1.29 is 4.74 Å². The molecule has 2 N–H and O–H groups in total. The Bertz CT molecular complexity index is 555. The van der Waals surface area contributed by atoms with Crippen molar-refractivity contribution in [1.29, 1.82) is 0 Å². The Morgan fingerprint density at radius 1 is 1.42 bits per heavy atom. The van der Waals surface area contributed by atoms with Crippen LogP contribution in [0.5, 0.6) is 0 Å². The molecule has 0 fully saturated rings. The van der Waals surface area contributed by atoms with Gasteiger partial charge in [-0.3, -0.25) is 0 Å². The van der Waals surface area contributed by atoms with Crippen LogP contribution < -0.4 is 5.73 Å². The lowest BCUT2D eigenvalue weighted by Gasteiger charge is -2.09. The molecule has 0 spiro atoms. The molecule has 0 saturated heterocycles. The number of tetrazole rings is 1. The second kappa shape index (κ2) is 5.99. The molecule has 0 atom stereocenters. The number of aromatic nitrogens is 4. The van der Waals surface area contributed by atoms with Crippen molar-refractivity contribution in [1.82, 2.24) is 20.2 Å².